The Balaban J connectivity index is 2.49. The summed E-state index contributed by atoms with van der Waals surface area (Å²) in [6, 6.07) is -0.433. The average molecular weight is 229 g/mol. The molecule has 0 spiro atoms. The van der Waals surface area contributed by atoms with E-state index in [1.165, 1.54) is 0 Å². The number of amides is 1. The molecule has 1 aliphatic heterocycles. The second kappa shape index (κ2) is 5.69. The molecule has 92 valence electrons. The zero-order valence-corrected chi connectivity index (χ0v) is 9.64. The van der Waals surface area contributed by atoms with Gasteiger partial charge in [0.05, 0.1) is 12.1 Å². The van der Waals surface area contributed by atoms with Gasteiger partial charge in [-0.2, -0.15) is 0 Å². The largest absolute Gasteiger partial charge is 0.409 e. The first-order valence-electron chi connectivity index (χ1n) is 5.51. The Morgan fingerprint density at radius 2 is 2.38 bits per heavy atom. The summed E-state index contributed by atoms with van der Waals surface area (Å²) in [6.45, 7) is 3.79. The monoisotopic (exact) mass is 229 g/mol. The van der Waals surface area contributed by atoms with E-state index in [-0.39, 0.29) is 17.8 Å². The number of nitrogens with zero attached hydrogens (tertiary/aromatic N) is 1. The number of nitrogens with one attached hydrogen (secondary N) is 1. The summed E-state index contributed by atoms with van der Waals surface area (Å²) in [5, 5.41) is 14.1. The van der Waals surface area contributed by atoms with Crippen molar-refractivity contribution in [3.8, 4) is 0 Å². The van der Waals surface area contributed by atoms with Gasteiger partial charge < -0.3 is 21.0 Å². The van der Waals surface area contributed by atoms with Crippen molar-refractivity contribution in [3.05, 3.63) is 0 Å². The maximum atomic E-state index is 11.8. The molecule has 1 heterocycles. The maximum Gasteiger partial charge on any atom is 0.249 e. The average Bonchev–Trinajstić information content (AvgIpc) is 2.71. The van der Waals surface area contributed by atoms with Crippen molar-refractivity contribution in [2.24, 2.45) is 10.9 Å². The van der Waals surface area contributed by atoms with Crippen LogP contribution in [0.1, 0.15) is 33.1 Å². The molecule has 16 heavy (non-hydrogen) atoms. The fourth-order valence-corrected chi connectivity index (χ4v) is 1.71. The van der Waals surface area contributed by atoms with Gasteiger partial charge in [0, 0.05) is 0 Å². The van der Waals surface area contributed by atoms with E-state index < -0.39 is 12.1 Å². The number of amidine groups is 1. The standard InChI is InChI=1S/C10H19N3O3/c1-3-7(9(11)13-15)12-10(14)8-5-4-6(2)16-8/h6-8,15H,3-5H2,1-2H3,(H2,11,13)(H,12,14). The lowest BCUT2D eigenvalue weighted by Crippen LogP contribution is -2.47. The van der Waals surface area contributed by atoms with E-state index in [0.29, 0.717) is 6.42 Å². The summed E-state index contributed by atoms with van der Waals surface area (Å²) in [4.78, 5) is 11.8. The van der Waals surface area contributed by atoms with Gasteiger partial charge in [-0.3, -0.25) is 4.79 Å². The van der Waals surface area contributed by atoms with Crippen LogP contribution >= 0.6 is 0 Å². The Kier molecular flexibility index (Phi) is 4.54. The van der Waals surface area contributed by atoms with Gasteiger partial charge >= 0.3 is 0 Å². The predicted molar refractivity (Wildman–Crippen MR) is 59.2 cm³/mol. The zero-order valence-electron chi connectivity index (χ0n) is 9.64. The number of nitrogens with two attached hydrogens (primary N) is 1. The molecule has 1 saturated heterocycles. The van der Waals surface area contributed by atoms with Crippen LogP contribution in [0.3, 0.4) is 0 Å². The normalized spacial score (nSPS) is 27.8. The highest BCUT2D eigenvalue weighted by atomic mass is 16.5. The van der Waals surface area contributed by atoms with Gasteiger partial charge in [0.1, 0.15) is 6.10 Å². The first-order valence-corrected chi connectivity index (χ1v) is 5.51. The lowest BCUT2D eigenvalue weighted by molar-refractivity contribution is -0.132. The van der Waals surface area contributed by atoms with E-state index in [9.17, 15) is 4.79 Å². The van der Waals surface area contributed by atoms with Crippen LogP contribution in [0.2, 0.25) is 0 Å². The molecule has 0 saturated carbocycles. The van der Waals surface area contributed by atoms with Crippen LogP contribution in [0.15, 0.2) is 5.16 Å². The van der Waals surface area contributed by atoms with Gasteiger partial charge in [0.2, 0.25) is 5.91 Å². The number of carbonyl (C=O) groups is 1. The highest BCUT2D eigenvalue weighted by Crippen LogP contribution is 2.19. The number of ether oxygens (including phenoxy) is 1. The second-order valence-electron chi connectivity index (χ2n) is 4.01. The van der Waals surface area contributed by atoms with Crippen LogP contribution in [-0.4, -0.2) is 35.2 Å². The van der Waals surface area contributed by atoms with Crippen molar-refractivity contribution in [3.63, 3.8) is 0 Å². The Labute approximate surface area is 94.8 Å². The van der Waals surface area contributed by atoms with Crippen molar-refractivity contribution < 1.29 is 14.7 Å². The Bertz CT molecular complexity index is 280. The molecule has 0 bridgehead atoms. The van der Waals surface area contributed by atoms with E-state index in [1.54, 1.807) is 0 Å². The fraction of sp³-hybridized carbons (Fsp3) is 0.800. The van der Waals surface area contributed by atoms with E-state index in [0.717, 1.165) is 12.8 Å². The minimum absolute atomic E-state index is 0.0156. The molecular weight excluding hydrogens is 210 g/mol. The third-order valence-electron chi connectivity index (χ3n) is 2.72. The third-order valence-corrected chi connectivity index (χ3v) is 2.72. The Hall–Kier alpha value is -1.30. The molecule has 3 unspecified atom stereocenters. The minimum Gasteiger partial charge on any atom is -0.409 e. The molecule has 6 heteroatoms. The zero-order chi connectivity index (χ0) is 12.1. The highest BCUT2D eigenvalue weighted by molar-refractivity contribution is 5.91. The lowest BCUT2D eigenvalue weighted by Gasteiger charge is -2.18. The van der Waals surface area contributed by atoms with E-state index in [1.807, 2.05) is 13.8 Å². The van der Waals surface area contributed by atoms with E-state index in [2.05, 4.69) is 10.5 Å². The van der Waals surface area contributed by atoms with Gasteiger partial charge in [0.15, 0.2) is 5.84 Å². The summed E-state index contributed by atoms with van der Waals surface area (Å²) in [5.41, 5.74) is 5.45. The van der Waals surface area contributed by atoms with Crippen molar-refractivity contribution >= 4 is 11.7 Å². The summed E-state index contributed by atoms with van der Waals surface area (Å²) in [5.74, 6) is -0.176. The van der Waals surface area contributed by atoms with Crippen molar-refractivity contribution in [2.45, 2.75) is 51.4 Å². The van der Waals surface area contributed by atoms with Crippen LogP contribution in [0, 0.1) is 0 Å². The van der Waals surface area contributed by atoms with Crippen molar-refractivity contribution in [1.29, 1.82) is 0 Å². The van der Waals surface area contributed by atoms with Gasteiger partial charge in [-0.1, -0.05) is 12.1 Å². The van der Waals surface area contributed by atoms with Crippen LogP contribution in [0.25, 0.3) is 0 Å². The second-order valence-corrected chi connectivity index (χ2v) is 4.01. The molecule has 1 fully saturated rings. The molecule has 0 aromatic carbocycles. The molecule has 0 radical (unpaired) electrons. The summed E-state index contributed by atoms with van der Waals surface area (Å²) < 4.78 is 5.43. The topological polar surface area (TPSA) is 96.9 Å². The molecule has 0 aliphatic carbocycles. The Morgan fingerprint density at radius 1 is 1.69 bits per heavy atom. The fourth-order valence-electron chi connectivity index (χ4n) is 1.71. The molecular formula is C10H19N3O3. The van der Waals surface area contributed by atoms with E-state index >= 15 is 0 Å². The third kappa shape index (κ3) is 3.10. The summed E-state index contributed by atoms with van der Waals surface area (Å²) >= 11 is 0. The van der Waals surface area contributed by atoms with Gasteiger partial charge in [-0.05, 0) is 26.2 Å². The molecule has 4 N–H and O–H groups in total. The SMILES string of the molecule is CCC(NC(=O)C1CCC(C)O1)C(N)=NO. The molecule has 6 nitrogen and oxygen atoms in total. The van der Waals surface area contributed by atoms with Crippen molar-refractivity contribution in [1.82, 2.24) is 5.32 Å². The summed E-state index contributed by atoms with van der Waals surface area (Å²) in [6.07, 6.45) is 1.90. The quantitative estimate of drug-likeness (QED) is 0.277. The Morgan fingerprint density at radius 3 is 2.81 bits per heavy atom. The predicted octanol–water partition coefficient (Wildman–Crippen LogP) is 0.195. The van der Waals surface area contributed by atoms with Crippen molar-refractivity contribution in [2.75, 3.05) is 0 Å². The van der Waals surface area contributed by atoms with Crippen LogP contribution < -0.4 is 11.1 Å². The number of hydrogen-bond donors (Lipinski definition) is 3. The summed E-state index contributed by atoms with van der Waals surface area (Å²) in [7, 11) is 0. The van der Waals surface area contributed by atoms with Gasteiger partial charge in [-0.25, -0.2) is 0 Å². The van der Waals surface area contributed by atoms with Crippen LogP contribution in [0.5, 0.6) is 0 Å². The molecule has 1 rings (SSSR count). The molecule has 3 atom stereocenters. The van der Waals surface area contributed by atoms with Gasteiger partial charge in [-0.15, -0.1) is 0 Å². The number of oxime groups is 1. The first-order chi connectivity index (χ1) is 7.58. The van der Waals surface area contributed by atoms with Gasteiger partial charge in [0.25, 0.3) is 0 Å². The number of rotatable bonds is 4. The van der Waals surface area contributed by atoms with Crippen LogP contribution in [-0.2, 0) is 9.53 Å². The molecule has 0 aromatic heterocycles. The van der Waals surface area contributed by atoms with E-state index in [4.69, 9.17) is 15.7 Å². The molecule has 1 aliphatic rings. The number of carbonyl (C=O) groups excluding carboxylic acids is 1. The molecule has 1 amide bonds. The number of hydrogen-bond acceptors (Lipinski definition) is 4. The molecule has 0 aromatic rings. The lowest BCUT2D eigenvalue weighted by atomic mass is 10.1. The van der Waals surface area contributed by atoms with Crippen LogP contribution in [0.4, 0.5) is 0 Å². The minimum atomic E-state index is -0.433. The highest BCUT2D eigenvalue weighted by Gasteiger charge is 2.29. The smallest absolute Gasteiger partial charge is 0.249 e. The maximum absolute atomic E-state index is 11.8. The first kappa shape index (κ1) is 12.8.